The summed E-state index contributed by atoms with van der Waals surface area (Å²) in [4.78, 5) is 46.2. The maximum absolute atomic E-state index is 13.8. The van der Waals surface area contributed by atoms with Gasteiger partial charge in [0.2, 0.25) is 5.91 Å². The van der Waals surface area contributed by atoms with E-state index >= 15 is 0 Å². The Bertz CT molecular complexity index is 1350. The maximum atomic E-state index is 13.8. The lowest BCUT2D eigenvalue weighted by Gasteiger charge is -2.36. The largest absolute Gasteiger partial charge is 0.497 e. The quantitative estimate of drug-likeness (QED) is 0.533. The predicted octanol–water partition coefficient (Wildman–Crippen LogP) is 2.93. The first-order valence-electron chi connectivity index (χ1n) is 11.5. The van der Waals surface area contributed by atoms with Crippen LogP contribution in [0.1, 0.15) is 30.7 Å². The summed E-state index contributed by atoms with van der Waals surface area (Å²) in [7, 11) is 3.19. The molecular weight excluding hydrogens is 448 g/mol. The first kappa shape index (κ1) is 22.8. The normalized spacial score (nSPS) is 20.0. The lowest BCUT2D eigenvalue weighted by molar-refractivity contribution is -0.139. The number of H-pyrrole nitrogens is 1. The van der Waals surface area contributed by atoms with Gasteiger partial charge in [0, 0.05) is 24.0 Å². The maximum Gasteiger partial charge on any atom is 0.328 e. The fraction of sp³-hybridized carbons (Fsp3) is 0.346. The zero-order valence-corrected chi connectivity index (χ0v) is 20.2. The van der Waals surface area contributed by atoms with Crippen molar-refractivity contribution in [1.29, 1.82) is 0 Å². The van der Waals surface area contributed by atoms with Gasteiger partial charge in [-0.05, 0) is 61.7 Å². The standard InChI is InChI=1S/C26H28N4O5/c1-15(23(31)27-14-16-6-5-7-17(12-16)34-3)30-24(32)26(2)22-19(10-11-29(26)25(30)33)20-13-18(35-4)8-9-21(20)28-22/h5-9,12-13,15,28H,10-11,14H2,1-4H3,(H,27,31)/t15-,26?/m1/s1. The zero-order valence-electron chi connectivity index (χ0n) is 20.2. The molecule has 3 aromatic rings. The van der Waals surface area contributed by atoms with Crippen LogP contribution in [-0.4, -0.2) is 59.4 Å². The highest BCUT2D eigenvalue weighted by Gasteiger charge is 2.60. The number of nitrogens with one attached hydrogen (secondary N) is 2. The molecule has 182 valence electrons. The van der Waals surface area contributed by atoms with Crippen molar-refractivity contribution in [3.63, 3.8) is 0 Å². The molecule has 2 aromatic carbocycles. The average molecular weight is 477 g/mol. The van der Waals surface area contributed by atoms with Crippen LogP contribution < -0.4 is 14.8 Å². The molecule has 1 saturated heterocycles. The molecule has 5 rings (SSSR count). The highest BCUT2D eigenvalue weighted by Crippen LogP contribution is 2.45. The van der Waals surface area contributed by atoms with Gasteiger partial charge in [-0.2, -0.15) is 0 Å². The molecule has 0 aliphatic carbocycles. The lowest BCUT2D eigenvalue weighted by atomic mass is 9.87. The van der Waals surface area contributed by atoms with Crippen molar-refractivity contribution < 1.29 is 23.9 Å². The minimum Gasteiger partial charge on any atom is -0.497 e. The second-order valence-corrected chi connectivity index (χ2v) is 9.07. The first-order valence-corrected chi connectivity index (χ1v) is 11.5. The molecule has 1 aromatic heterocycles. The second-order valence-electron chi connectivity index (χ2n) is 9.07. The third-order valence-electron chi connectivity index (χ3n) is 7.17. The first-order chi connectivity index (χ1) is 16.8. The van der Waals surface area contributed by atoms with Crippen LogP contribution in [0.25, 0.3) is 10.9 Å². The number of ether oxygens (including phenoxy) is 2. The highest BCUT2D eigenvalue weighted by molar-refractivity contribution is 6.11. The van der Waals surface area contributed by atoms with E-state index in [2.05, 4.69) is 10.3 Å². The van der Waals surface area contributed by atoms with Crippen molar-refractivity contribution in [3.05, 3.63) is 59.3 Å². The zero-order chi connectivity index (χ0) is 24.9. The Balaban J connectivity index is 1.41. The van der Waals surface area contributed by atoms with Crippen LogP contribution >= 0.6 is 0 Å². The van der Waals surface area contributed by atoms with E-state index in [-0.39, 0.29) is 6.54 Å². The number of carbonyl (C=O) groups is 3. The van der Waals surface area contributed by atoms with Gasteiger partial charge in [-0.1, -0.05) is 12.1 Å². The van der Waals surface area contributed by atoms with Crippen LogP contribution in [0.5, 0.6) is 11.5 Å². The summed E-state index contributed by atoms with van der Waals surface area (Å²) in [6, 6.07) is 11.6. The van der Waals surface area contributed by atoms with Crippen molar-refractivity contribution in [2.75, 3.05) is 20.8 Å². The van der Waals surface area contributed by atoms with Crippen LogP contribution in [0.4, 0.5) is 4.79 Å². The molecule has 1 unspecified atom stereocenters. The molecule has 9 nitrogen and oxygen atoms in total. The van der Waals surface area contributed by atoms with Crippen molar-refractivity contribution in [3.8, 4) is 11.5 Å². The van der Waals surface area contributed by atoms with E-state index in [0.717, 1.165) is 32.7 Å². The van der Waals surface area contributed by atoms with Crippen LogP contribution in [0.15, 0.2) is 42.5 Å². The smallest absolute Gasteiger partial charge is 0.328 e. The summed E-state index contributed by atoms with van der Waals surface area (Å²) in [5.74, 6) is 0.598. The van der Waals surface area contributed by atoms with Gasteiger partial charge in [-0.3, -0.25) is 9.59 Å². The molecule has 2 aliphatic rings. The van der Waals surface area contributed by atoms with Crippen molar-refractivity contribution in [2.45, 2.75) is 38.4 Å². The summed E-state index contributed by atoms with van der Waals surface area (Å²) in [5.41, 5.74) is 2.21. The molecule has 2 aliphatic heterocycles. The molecule has 35 heavy (non-hydrogen) atoms. The number of aromatic amines is 1. The Morgan fingerprint density at radius 3 is 2.63 bits per heavy atom. The average Bonchev–Trinajstić information content (AvgIpc) is 3.34. The monoisotopic (exact) mass is 476 g/mol. The van der Waals surface area contributed by atoms with Crippen molar-refractivity contribution >= 4 is 28.7 Å². The van der Waals surface area contributed by atoms with E-state index in [9.17, 15) is 14.4 Å². The van der Waals surface area contributed by atoms with Crippen molar-refractivity contribution in [2.24, 2.45) is 0 Å². The minimum absolute atomic E-state index is 0.256. The summed E-state index contributed by atoms with van der Waals surface area (Å²) < 4.78 is 10.6. The number of fused-ring (bicyclic) bond motifs is 5. The number of imide groups is 1. The van der Waals surface area contributed by atoms with Gasteiger partial charge in [0.25, 0.3) is 5.91 Å². The number of benzene rings is 2. The fourth-order valence-electron chi connectivity index (χ4n) is 5.15. The Kier molecular flexibility index (Phi) is 5.42. The van der Waals surface area contributed by atoms with Crippen molar-refractivity contribution in [1.82, 2.24) is 20.1 Å². The summed E-state index contributed by atoms with van der Waals surface area (Å²) in [5, 5.41) is 3.81. The molecule has 4 amide bonds. The van der Waals surface area contributed by atoms with E-state index in [1.54, 1.807) is 33.0 Å². The topological polar surface area (TPSA) is 104 Å². The van der Waals surface area contributed by atoms with Gasteiger partial charge in [-0.25, -0.2) is 9.69 Å². The molecule has 3 heterocycles. The van der Waals surface area contributed by atoms with Crippen LogP contribution in [0.2, 0.25) is 0 Å². The molecule has 1 fully saturated rings. The minimum atomic E-state index is -1.21. The molecule has 0 radical (unpaired) electrons. The number of nitrogens with zero attached hydrogens (tertiary/aromatic N) is 2. The molecule has 2 N–H and O–H groups in total. The second kappa shape index (κ2) is 8.33. The van der Waals surface area contributed by atoms with Crippen LogP contribution in [0.3, 0.4) is 0 Å². The molecular formula is C26H28N4O5. The fourth-order valence-corrected chi connectivity index (χ4v) is 5.15. The summed E-state index contributed by atoms with van der Waals surface area (Å²) in [6.45, 7) is 3.96. The van der Waals surface area contributed by atoms with Gasteiger partial charge in [0.1, 0.15) is 17.5 Å². The Morgan fingerprint density at radius 2 is 1.89 bits per heavy atom. The van der Waals surface area contributed by atoms with Gasteiger partial charge < -0.3 is 24.7 Å². The van der Waals surface area contributed by atoms with Crippen LogP contribution in [-0.2, 0) is 28.1 Å². The number of urea groups is 1. The lowest BCUT2D eigenvalue weighted by Crippen LogP contribution is -2.49. The molecule has 0 bridgehead atoms. The third kappa shape index (κ3) is 3.41. The number of hydrogen-bond donors (Lipinski definition) is 2. The third-order valence-corrected chi connectivity index (χ3v) is 7.17. The van der Waals surface area contributed by atoms with Gasteiger partial charge >= 0.3 is 6.03 Å². The van der Waals surface area contributed by atoms with Gasteiger partial charge in [0.15, 0.2) is 5.54 Å². The Labute approximate surface area is 203 Å². The molecule has 0 saturated carbocycles. The van der Waals surface area contributed by atoms with E-state index < -0.39 is 29.4 Å². The predicted molar refractivity (Wildman–Crippen MR) is 129 cm³/mol. The van der Waals surface area contributed by atoms with E-state index in [0.29, 0.717) is 24.4 Å². The van der Waals surface area contributed by atoms with E-state index in [4.69, 9.17) is 9.47 Å². The molecule has 9 heteroatoms. The number of methoxy groups -OCH3 is 2. The Hall–Kier alpha value is -4.01. The van der Waals surface area contributed by atoms with E-state index in [1.807, 2.05) is 42.5 Å². The highest BCUT2D eigenvalue weighted by atomic mass is 16.5. The number of aromatic nitrogens is 1. The van der Waals surface area contributed by atoms with Crippen LogP contribution in [0, 0.1) is 0 Å². The Morgan fingerprint density at radius 1 is 1.14 bits per heavy atom. The molecule has 0 spiro atoms. The summed E-state index contributed by atoms with van der Waals surface area (Å²) >= 11 is 0. The SMILES string of the molecule is COc1cccc(CNC(=O)[C@@H](C)N2C(=O)N3CCc4c([nH]c5ccc(OC)cc45)C3(C)C2=O)c1. The molecule has 2 atom stereocenters. The van der Waals surface area contributed by atoms with E-state index in [1.165, 1.54) is 0 Å². The van der Waals surface area contributed by atoms with Gasteiger partial charge in [0.05, 0.1) is 19.9 Å². The number of amides is 4. The number of rotatable bonds is 6. The van der Waals surface area contributed by atoms with Gasteiger partial charge in [-0.15, -0.1) is 0 Å². The summed E-state index contributed by atoms with van der Waals surface area (Å²) in [6.07, 6.45) is 0.599. The number of carbonyl (C=O) groups excluding carboxylic acids is 3. The number of hydrogen-bond acceptors (Lipinski definition) is 5.